The molecule has 1 unspecified atom stereocenters. The van der Waals surface area contributed by atoms with Gasteiger partial charge in [0.2, 0.25) is 5.76 Å². The highest BCUT2D eigenvalue weighted by Crippen LogP contribution is 2.36. The summed E-state index contributed by atoms with van der Waals surface area (Å²) in [5, 5.41) is 3.58. The van der Waals surface area contributed by atoms with Crippen molar-refractivity contribution in [1.29, 1.82) is 0 Å². The zero-order chi connectivity index (χ0) is 22.2. The summed E-state index contributed by atoms with van der Waals surface area (Å²) in [4.78, 5) is 25.8. The first-order valence-electron chi connectivity index (χ1n) is 9.97. The highest BCUT2D eigenvalue weighted by Gasteiger charge is 2.36. The molecule has 7 heteroatoms. The largest absolute Gasteiger partial charge is 0.493 e. The molecule has 2 heterocycles. The standard InChI is InChI=1S/C25H18ClNO5/c1-30-20-11-15(7-9-19(20)31-13-14-5-3-2-4-6-14)22-21-23(28)17-12-16(26)8-10-18(17)32-24(21)25(29)27-22/h2-12,22H,13H2,1H3,(H,27,29). The van der Waals surface area contributed by atoms with Crippen LogP contribution < -0.4 is 20.2 Å². The molecule has 0 bridgehead atoms. The first-order chi connectivity index (χ1) is 15.5. The Kier molecular flexibility index (Phi) is 5.07. The van der Waals surface area contributed by atoms with Gasteiger partial charge in [0, 0.05) is 5.02 Å². The van der Waals surface area contributed by atoms with Gasteiger partial charge in [0.15, 0.2) is 16.9 Å². The molecule has 0 aliphatic carbocycles. The fraction of sp³-hybridized carbons (Fsp3) is 0.120. The van der Waals surface area contributed by atoms with E-state index in [1.165, 1.54) is 0 Å². The van der Waals surface area contributed by atoms with Gasteiger partial charge in [0.25, 0.3) is 5.91 Å². The third-order valence-corrected chi connectivity index (χ3v) is 5.65. The molecule has 0 radical (unpaired) electrons. The van der Waals surface area contributed by atoms with Gasteiger partial charge in [-0.2, -0.15) is 0 Å². The van der Waals surface area contributed by atoms with Crippen LogP contribution in [0.2, 0.25) is 5.02 Å². The quantitative estimate of drug-likeness (QED) is 0.472. The van der Waals surface area contributed by atoms with Crippen LogP contribution in [0.4, 0.5) is 0 Å². The van der Waals surface area contributed by atoms with E-state index >= 15 is 0 Å². The average Bonchev–Trinajstić information content (AvgIpc) is 3.15. The molecule has 3 aromatic carbocycles. The van der Waals surface area contributed by atoms with Crippen LogP contribution >= 0.6 is 11.6 Å². The summed E-state index contributed by atoms with van der Waals surface area (Å²) in [5.41, 5.74) is 1.98. The SMILES string of the molecule is COc1cc(C2NC(=O)c3oc4ccc(Cl)cc4c(=O)c32)ccc1OCc1ccccc1. The molecule has 5 rings (SSSR count). The van der Waals surface area contributed by atoms with Crippen molar-refractivity contribution in [3.63, 3.8) is 0 Å². The van der Waals surface area contributed by atoms with Crippen LogP contribution in [0.25, 0.3) is 11.0 Å². The molecule has 32 heavy (non-hydrogen) atoms. The number of carbonyl (C=O) groups excluding carboxylic acids is 1. The third kappa shape index (κ3) is 3.48. The zero-order valence-corrected chi connectivity index (χ0v) is 17.8. The Morgan fingerprint density at radius 3 is 2.59 bits per heavy atom. The van der Waals surface area contributed by atoms with Gasteiger partial charge in [-0.3, -0.25) is 9.59 Å². The topological polar surface area (TPSA) is 77.8 Å². The maximum Gasteiger partial charge on any atom is 0.288 e. The van der Waals surface area contributed by atoms with Crippen molar-refractivity contribution in [3.8, 4) is 11.5 Å². The van der Waals surface area contributed by atoms with E-state index in [1.807, 2.05) is 30.3 Å². The van der Waals surface area contributed by atoms with E-state index in [1.54, 1.807) is 43.5 Å². The van der Waals surface area contributed by atoms with E-state index in [4.69, 9.17) is 25.5 Å². The van der Waals surface area contributed by atoms with Gasteiger partial charge in [-0.25, -0.2) is 0 Å². The Hall–Kier alpha value is -3.77. The van der Waals surface area contributed by atoms with Gasteiger partial charge >= 0.3 is 0 Å². The molecule has 1 N–H and O–H groups in total. The summed E-state index contributed by atoms with van der Waals surface area (Å²) in [7, 11) is 1.54. The number of methoxy groups -OCH3 is 1. The van der Waals surface area contributed by atoms with Crippen molar-refractivity contribution < 1.29 is 18.7 Å². The molecule has 4 aromatic rings. The fourth-order valence-electron chi connectivity index (χ4n) is 3.85. The molecular weight excluding hydrogens is 430 g/mol. The van der Waals surface area contributed by atoms with Crippen LogP contribution in [0.5, 0.6) is 11.5 Å². The van der Waals surface area contributed by atoms with Crippen molar-refractivity contribution in [1.82, 2.24) is 5.32 Å². The Labute approximate surface area is 188 Å². The molecule has 1 amide bonds. The Morgan fingerprint density at radius 1 is 1.00 bits per heavy atom. The van der Waals surface area contributed by atoms with Gasteiger partial charge in [-0.05, 0) is 41.5 Å². The Bertz CT molecular complexity index is 1400. The highest BCUT2D eigenvalue weighted by atomic mass is 35.5. The van der Waals surface area contributed by atoms with Gasteiger partial charge < -0.3 is 19.2 Å². The number of benzene rings is 3. The van der Waals surface area contributed by atoms with Gasteiger partial charge in [0.05, 0.1) is 24.1 Å². The first kappa shape index (κ1) is 20.2. The minimum atomic E-state index is -0.672. The molecule has 0 saturated carbocycles. The lowest BCUT2D eigenvalue weighted by Crippen LogP contribution is -2.22. The predicted octanol–water partition coefficient (Wildman–Crippen LogP) is 4.87. The molecule has 0 saturated heterocycles. The third-order valence-electron chi connectivity index (χ3n) is 5.42. The highest BCUT2D eigenvalue weighted by molar-refractivity contribution is 6.31. The minimum Gasteiger partial charge on any atom is -0.493 e. The first-order valence-corrected chi connectivity index (χ1v) is 10.3. The normalized spacial score (nSPS) is 14.8. The fourth-order valence-corrected chi connectivity index (χ4v) is 4.02. The maximum absolute atomic E-state index is 13.2. The lowest BCUT2D eigenvalue weighted by atomic mass is 9.99. The van der Waals surface area contributed by atoms with Crippen LogP contribution in [0.3, 0.4) is 0 Å². The van der Waals surface area contributed by atoms with Crippen LogP contribution in [-0.2, 0) is 6.61 Å². The number of hydrogen-bond acceptors (Lipinski definition) is 5. The molecule has 1 aliphatic rings. The second kappa shape index (κ2) is 8.05. The van der Waals surface area contributed by atoms with Gasteiger partial charge in [-0.15, -0.1) is 0 Å². The molecule has 0 spiro atoms. The number of amides is 1. The molecule has 0 fully saturated rings. The van der Waals surface area contributed by atoms with Crippen molar-refractivity contribution in [2.45, 2.75) is 12.6 Å². The summed E-state index contributed by atoms with van der Waals surface area (Å²) in [6, 6.07) is 19.2. The van der Waals surface area contributed by atoms with E-state index in [0.29, 0.717) is 39.7 Å². The smallest absolute Gasteiger partial charge is 0.288 e. The number of hydrogen-bond donors (Lipinski definition) is 1. The summed E-state index contributed by atoms with van der Waals surface area (Å²) in [6.07, 6.45) is 0. The van der Waals surface area contributed by atoms with Crippen LogP contribution in [0.1, 0.15) is 33.3 Å². The van der Waals surface area contributed by atoms with Crippen LogP contribution in [0, 0.1) is 0 Å². The van der Waals surface area contributed by atoms with E-state index in [0.717, 1.165) is 5.56 Å². The number of rotatable bonds is 5. The lowest BCUT2D eigenvalue weighted by Gasteiger charge is -2.16. The second-order valence-corrected chi connectivity index (χ2v) is 7.84. The Morgan fingerprint density at radius 2 is 1.81 bits per heavy atom. The van der Waals surface area contributed by atoms with E-state index < -0.39 is 11.9 Å². The Balaban J connectivity index is 1.52. The number of carbonyl (C=O) groups is 1. The van der Waals surface area contributed by atoms with E-state index in [-0.39, 0.29) is 16.8 Å². The van der Waals surface area contributed by atoms with Crippen molar-refractivity contribution in [2.75, 3.05) is 7.11 Å². The van der Waals surface area contributed by atoms with E-state index in [2.05, 4.69) is 5.32 Å². The number of fused-ring (bicyclic) bond motifs is 2. The molecule has 1 aliphatic heterocycles. The van der Waals surface area contributed by atoms with Crippen molar-refractivity contribution in [2.24, 2.45) is 0 Å². The van der Waals surface area contributed by atoms with Crippen molar-refractivity contribution >= 4 is 28.5 Å². The van der Waals surface area contributed by atoms with Crippen LogP contribution in [0.15, 0.2) is 75.9 Å². The summed E-state index contributed by atoms with van der Waals surface area (Å²) < 4.78 is 17.2. The van der Waals surface area contributed by atoms with Gasteiger partial charge in [0.1, 0.15) is 12.2 Å². The minimum absolute atomic E-state index is 0.0122. The summed E-state index contributed by atoms with van der Waals surface area (Å²) in [6.45, 7) is 0.385. The molecule has 1 aromatic heterocycles. The number of halogens is 1. The van der Waals surface area contributed by atoms with Crippen molar-refractivity contribution in [3.05, 3.63) is 104 Å². The molecule has 1 atom stereocenters. The molecule has 6 nitrogen and oxygen atoms in total. The maximum atomic E-state index is 13.2. The molecular formula is C25H18ClNO5. The van der Waals surface area contributed by atoms with Gasteiger partial charge in [-0.1, -0.05) is 48.0 Å². The summed E-state index contributed by atoms with van der Waals surface area (Å²) >= 11 is 6.06. The monoisotopic (exact) mass is 447 g/mol. The zero-order valence-electron chi connectivity index (χ0n) is 17.1. The number of ether oxygens (including phenoxy) is 2. The average molecular weight is 448 g/mol. The van der Waals surface area contributed by atoms with Crippen LogP contribution in [-0.4, -0.2) is 13.0 Å². The number of nitrogens with one attached hydrogen (secondary N) is 1. The predicted molar refractivity (Wildman–Crippen MR) is 121 cm³/mol. The summed E-state index contributed by atoms with van der Waals surface area (Å²) in [5.74, 6) is 0.622. The second-order valence-electron chi connectivity index (χ2n) is 7.41. The lowest BCUT2D eigenvalue weighted by molar-refractivity contribution is 0.0938. The molecule has 160 valence electrons. The van der Waals surface area contributed by atoms with E-state index in [9.17, 15) is 9.59 Å².